The molecule has 0 spiro atoms. The lowest BCUT2D eigenvalue weighted by atomic mass is 9.94. The van der Waals surface area contributed by atoms with Crippen molar-refractivity contribution in [2.75, 3.05) is 33.2 Å². The minimum Gasteiger partial charge on any atom is -0.335 e. The first kappa shape index (κ1) is 17.6. The topological polar surface area (TPSA) is 41.4 Å². The highest BCUT2D eigenvalue weighted by atomic mass is 32.1. The summed E-state index contributed by atoms with van der Waals surface area (Å²) in [6.45, 7) is 4.09. The van der Waals surface area contributed by atoms with Crippen LogP contribution in [0.1, 0.15) is 26.5 Å². The number of hydrogen-bond acceptors (Lipinski definition) is 4. The Morgan fingerprint density at radius 1 is 1.07 bits per heavy atom. The van der Waals surface area contributed by atoms with Gasteiger partial charge in [0.25, 0.3) is 5.91 Å². The van der Waals surface area contributed by atoms with E-state index in [1.807, 2.05) is 22.3 Å². The summed E-state index contributed by atoms with van der Waals surface area (Å²) in [7, 11) is 2.11. The van der Waals surface area contributed by atoms with E-state index in [0.717, 1.165) is 50.3 Å². The lowest BCUT2D eigenvalue weighted by Crippen LogP contribution is -2.47. The van der Waals surface area contributed by atoms with Crippen LogP contribution in [0, 0.1) is 0 Å². The summed E-state index contributed by atoms with van der Waals surface area (Å²) in [5.74, 6) is 0.0924. The van der Waals surface area contributed by atoms with Crippen molar-refractivity contribution < 1.29 is 4.79 Å². The molecule has 144 valence electrons. The quantitative estimate of drug-likeness (QED) is 0.688. The SMILES string of the molecule is CN1CCN(C(=O)c2nn(Cc3ccccc3)c3c2CCc2sccc2-3)CC1. The summed E-state index contributed by atoms with van der Waals surface area (Å²) in [6.07, 6.45) is 1.90. The van der Waals surface area contributed by atoms with Crippen molar-refractivity contribution in [2.45, 2.75) is 19.4 Å². The summed E-state index contributed by atoms with van der Waals surface area (Å²) in [4.78, 5) is 19.0. The molecule has 5 nitrogen and oxygen atoms in total. The molecule has 1 aliphatic heterocycles. The molecule has 2 aromatic heterocycles. The Hall–Kier alpha value is -2.44. The number of thiophene rings is 1. The van der Waals surface area contributed by atoms with Gasteiger partial charge in [-0.2, -0.15) is 5.10 Å². The number of aryl methyl sites for hydroxylation is 1. The number of amides is 1. The number of carbonyl (C=O) groups is 1. The molecule has 1 saturated heterocycles. The summed E-state index contributed by atoms with van der Waals surface area (Å²) in [5.41, 5.74) is 5.39. The molecule has 0 unspecified atom stereocenters. The van der Waals surface area contributed by atoms with Crippen LogP contribution in [-0.2, 0) is 19.4 Å². The number of aromatic nitrogens is 2. The fourth-order valence-corrected chi connectivity index (χ4v) is 5.10. The van der Waals surface area contributed by atoms with Crippen LogP contribution in [0.4, 0.5) is 0 Å². The monoisotopic (exact) mass is 392 g/mol. The molecule has 0 bridgehead atoms. The van der Waals surface area contributed by atoms with Crippen molar-refractivity contribution in [3.63, 3.8) is 0 Å². The van der Waals surface area contributed by atoms with Gasteiger partial charge >= 0.3 is 0 Å². The Morgan fingerprint density at radius 2 is 1.86 bits per heavy atom. The average molecular weight is 393 g/mol. The molecule has 0 atom stereocenters. The lowest BCUT2D eigenvalue weighted by Gasteiger charge is -2.32. The Bertz CT molecular complexity index is 999. The number of hydrogen-bond donors (Lipinski definition) is 0. The Labute approximate surface area is 169 Å². The maximum absolute atomic E-state index is 13.3. The molecule has 3 aromatic rings. The third kappa shape index (κ3) is 3.06. The number of benzene rings is 1. The van der Waals surface area contributed by atoms with Gasteiger partial charge in [0, 0.05) is 42.2 Å². The number of rotatable bonds is 3. The van der Waals surface area contributed by atoms with Gasteiger partial charge in [-0.3, -0.25) is 9.48 Å². The van der Waals surface area contributed by atoms with E-state index in [0.29, 0.717) is 12.2 Å². The van der Waals surface area contributed by atoms with Gasteiger partial charge in [0.15, 0.2) is 5.69 Å². The number of nitrogens with zero attached hydrogens (tertiary/aromatic N) is 4. The van der Waals surface area contributed by atoms with Crippen molar-refractivity contribution in [2.24, 2.45) is 0 Å². The van der Waals surface area contributed by atoms with E-state index in [1.165, 1.54) is 16.0 Å². The van der Waals surface area contributed by atoms with Crippen LogP contribution in [0.3, 0.4) is 0 Å². The van der Waals surface area contributed by atoms with Crippen molar-refractivity contribution >= 4 is 17.2 Å². The fourth-order valence-electron chi connectivity index (χ4n) is 4.22. The van der Waals surface area contributed by atoms with Gasteiger partial charge < -0.3 is 9.80 Å². The van der Waals surface area contributed by atoms with Crippen molar-refractivity contribution in [3.8, 4) is 11.3 Å². The van der Waals surface area contributed by atoms with Crippen molar-refractivity contribution in [1.82, 2.24) is 19.6 Å². The van der Waals surface area contributed by atoms with E-state index in [-0.39, 0.29) is 5.91 Å². The highest BCUT2D eigenvalue weighted by Crippen LogP contribution is 2.38. The second kappa shape index (κ2) is 7.18. The summed E-state index contributed by atoms with van der Waals surface area (Å²) >= 11 is 1.81. The molecule has 1 aliphatic carbocycles. The molecule has 1 aromatic carbocycles. The third-order valence-corrected chi connectivity index (χ3v) is 6.80. The number of piperazine rings is 1. The molecule has 0 saturated carbocycles. The number of likely N-dealkylation sites (N-methyl/N-ethyl adjacent to an activating group) is 1. The predicted octanol–water partition coefficient (Wildman–Crippen LogP) is 3.15. The zero-order valence-corrected chi connectivity index (χ0v) is 16.9. The Kier molecular flexibility index (Phi) is 4.53. The third-order valence-electron chi connectivity index (χ3n) is 5.82. The van der Waals surface area contributed by atoms with Crippen LogP contribution in [-0.4, -0.2) is 58.7 Å². The van der Waals surface area contributed by atoms with Crippen LogP contribution in [0.2, 0.25) is 0 Å². The van der Waals surface area contributed by atoms with Gasteiger partial charge in [-0.25, -0.2) is 0 Å². The first-order chi connectivity index (χ1) is 13.7. The summed E-state index contributed by atoms with van der Waals surface area (Å²) < 4.78 is 2.05. The molecule has 0 radical (unpaired) electrons. The number of carbonyl (C=O) groups excluding carboxylic acids is 1. The first-order valence-electron chi connectivity index (χ1n) is 9.89. The first-order valence-corrected chi connectivity index (χ1v) is 10.8. The van der Waals surface area contributed by atoms with Gasteiger partial charge in [-0.05, 0) is 36.9 Å². The van der Waals surface area contributed by atoms with Crippen molar-refractivity contribution in [3.05, 3.63) is 63.5 Å². The highest BCUT2D eigenvalue weighted by molar-refractivity contribution is 7.10. The number of fused-ring (bicyclic) bond motifs is 3. The average Bonchev–Trinajstić information content (AvgIpc) is 3.33. The second-order valence-electron chi connectivity index (χ2n) is 7.67. The van der Waals surface area contributed by atoms with E-state index in [2.05, 4.69) is 52.3 Å². The van der Waals surface area contributed by atoms with Gasteiger partial charge in [0.2, 0.25) is 0 Å². The summed E-state index contributed by atoms with van der Waals surface area (Å²) in [6, 6.07) is 12.6. The van der Waals surface area contributed by atoms with Crippen LogP contribution < -0.4 is 0 Å². The van der Waals surface area contributed by atoms with E-state index in [1.54, 1.807) is 0 Å². The fraction of sp³-hybridized carbons (Fsp3) is 0.364. The maximum Gasteiger partial charge on any atom is 0.274 e. The summed E-state index contributed by atoms with van der Waals surface area (Å²) in [5, 5.41) is 7.03. The molecule has 1 fully saturated rings. The molecule has 1 amide bonds. The zero-order valence-electron chi connectivity index (χ0n) is 16.1. The van der Waals surface area contributed by atoms with Crippen LogP contribution in [0.25, 0.3) is 11.3 Å². The normalized spacial score (nSPS) is 16.7. The molecule has 6 heteroatoms. The smallest absolute Gasteiger partial charge is 0.274 e. The van der Waals surface area contributed by atoms with Gasteiger partial charge in [-0.1, -0.05) is 30.3 Å². The molecule has 3 heterocycles. The van der Waals surface area contributed by atoms with E-state index in [4.69, 9.17) is 5.10 Å². The van der Waals surface area contributed by atoms with Gasteiger partial charge in [-0.15, -0.1) is 11.3 Å². The largest absolute Gasteiger partial charge is 0.335 e. The highest BCUT2D eigenvalue weighted by Gasteiger charge is 2.31. The Balaban J connectivity index is 1.56. The maximum atomic E-state index is 13.3. The lowest BCUT2D eigenvalue weighted by molar-refractivity contribution is 0.0656. The molecular weight excluding hydrogens is 368 g/mol. The standard InChI is InChI=1S/C22H24N4OS/c1-24-10-12-25(13-11-24)22(27)20-18-7-8-19-17(9-14-28-19)21(18)26(23-20)15-16-5-3-2-4-6-16/h2-6,9,14H,7-8,10-13,15H2,1H3. The van der Waals surface area contributed by atoms with Crippen LogP contribution >= 0.6 is 11.3 Å². The Morgan fingerprint density at radius 3 is 2.64 bits per heavy atom. The minimum absolute atomic E-state index is 0.0924. The molecular formula is C22H24N4OS. The van der Waals surface area contributed by atoms with Gasteiger partial charge in [0.05, 0.1) is 12.2 Å². The molecule has 28 heavy (non-hydrogen) atoms. The minimum atomic E-state index is 0.0924. The molecule has 0 N–H and O–H groups in total. The predicted molar refractivity (Wildman–Crippen MR) is 112 cm³/mol. The second-order valence-corrected chi connectivity index (χ2v) is 8.67. The van der Waals surface area contributed by atoms with E-state index < -0.39 is 0 Å². The van der Waals surface area contributed by atoms with E-state index in [9.17, 15) is 4.79 Å². The van der Waals surface area contributed by atoms with Crippen molar-refractivity contribution in [1.29, 1.82) is 0 Å². The molecule has 5 rings (SSSR count). The van der Waals surface area contributed by atoms with Gasteiger partial charge in [0.1, 0.15) is 0 Å². The van der Waals surface area contributed by atoms with Crippen LogP contribution in [0.15, 0.2) is 41.8 Å². The van der Waals surface area contributed by atoms with Crippen LogP contribution in [0.5, 0.6) is 0 Å². The molecule has 2 aliphatic rings. The van der Waals surface area contributed by atoms with E-state index >= 15 is 0 Å². The zero-order chi connectivity index (χ0) is 19.1.